The summed E-state index contributed by atoms with van der Waals surface area (Å²) in [4.78, 5) is 14.4. The van der Waals surface area contributed by atoms with E-state index in [1.807, 2.05) is 36.9 Å². The third-order valence-electron chi connectivity index (χ3n) is 4.80. The monoisotopic (exact) mass is 358 g/mol. The average molecular weight is 358 g/mol. The lowest BCUT2D eigenvalue weighted by molar-refractivity contribution is 0.0604. The number of piperidine rings is 1. The fourth-order valence-corrected chi connectivity index (χ4v) is 3.19. The highest BCUT2D eigenvalue weighted by atomic mass is 16.5. The van der Waals surface area contributed by atoms with Gasteiger partial charge in [0.15, 0.2) is 11.5 Å². The number of benzene rings is 1. The second-order valence-corrected chi connectivity index (χ2v) is 6.93. The summed E-state index contributed by atoms with van der Waals surface area (Å²) in [6, 6.07) is 7.73. The molecule has 1 fully saturated rings. The molecule has 0 unspecified atom stereocenters. The molecule has 1 aromatic carbocycles. The molecule has 0 saturated carbocycles. The number of likely N-dealkylation sites (tertiary alicyclic amines) is 1. The second-order valence-electron chi connectivity index (χ2n) is 6.93. The number of hydrogen-bond donors (Lipinski definition) is 0. The lowest BCUT2D eigenvalue weighted by Crippen LogP contribution is -2.39. The lowest BCUT2D eigenvalue weighted by atomic mass is 9.97. The molecule has 0 aliphatic carbocycles. The first-order valence-electron chi connectivity index (χ1n) is 9.00. The van der Waals surface area contributed by atoms with Crippen LogP contribution in [-0.4, -0.2) is 42.8 Å². The minimum atomic E-state index is -0.0809. The van der Waals surface area contributed by atoms with Gasteiger partial charge in [0.05, 0.1) is 0 Å². The number of aryl methyl sites for hydroxylation is 2. The van der Waals surface area contributed by atoms with E-state index in [2.05, 4.69) is 5.16 Å². The van der Waals surface area contributed by atoms with Gasteiger partial charge in [-0.05, 0) is 49.8 Å². The molecule has 1 aromatic heterocycles. The topological polar surface area (TPSA) is 64.8 Å². The summed E-state index contributed by atoms with van der Waals surface area (Å²) in [5.74, 6) is 1.81. The lowest BCUT2D eigenvalue weighted by Gasteiger charge is -2.31. The maximum Gasteiger partial charge on any atom is 0.276 e. The number of rotatable bonds is 6. The van der Waals surface area contributed by atoms with Crippen molar-refractivity contribution in [2.24, 2.45) is 5.92 Å². The van der Waals surface area contributed by atoms with Crippen molar-refractivity contribution >= 4 is 5.91 Å². The first kappa shape index (κ1) is 18.5. The van der Waals surface area contributed by atoms with Crippen LogP contribution in [-0.2, 0) is 11.3 Å². The first-order valence-corrected chi connectivity index (χ1v) is 9.00. The van der Waals surface area contributed by atoms with E-state index in [4.69, 9.17) is 14.0 Å². The molecule has 2 aromatic rings. The predicted molar refractivity (Wildman–Crippen MR) is 97.3 cm³/mol. The van der Waals surface area contributed by atoms with E-state index in [1.54, 1.807) is 13.2 Å². The van der Waals surface area contributed by atoms with Crippen LogP contribution in [0.1, 0.15) is 40.2 Å². The number of aromatic nitrogens is 1. The Morgan fingerprint density at radius 3 is 2.77 bits per heavy atom. The second kappa shape index (κ2) is 8.36. The maximum atomic E-state index is 12.6. The van der Waals surface area contributed by atoms with Crippen molar-refractivity contribution in [2.75, 3.05) is 26.8 Å². The van der Waals surface area contributed by atoms with Crippen molar-refractivity contribution in [1.29, 1.82) is 0 Å². The summed E-state index contributed by atoms with van der Waals surface area (Å²) in [5.41, 5.74) is 2.54. The number of ether oxygens (including phenoxy) is 2. The van der Waals surface area contributed by atoms with Crippen LogP contribution in [0, 0.1) is 19.8 Å². The highest BCUT2D eigenvalue weighted by molar-refractivity contribution is 5.92. The number of carbonyl (C=O) groups excluding carboxylic acids is 1. The van der Waals surface area contributed by atoms with Crippen molar-refractivity contribution in [3.63, 3.8) is 0 Å². The van der Waals surface area contributed by atoms with E-state index in [0.717, 1.165) is 49.4 Å². The quantitative estimate of drug-likeness (QED) is 0.792. The van der Waals surface area contributed by atoms with Crippen LogP contribution in [0.25, 0.3) is 0 Å². The molecule has 3 rings (SSSR count). The largest absolute Gasteiger partial charge is 0.485 e. The van der Waals surface area contributed by atoms with Crippen molar-refractivity contribution in [1.82, 2.24) is 10.1 Å². The Kier molecular flexibility index (Phi) is 5.93. The summed E-state index contributed by atoms with van der Waals surface area (Å²) in [5, 5.41) is 3.93. The molecular weight excluding hydrogens is 332 g/mol. The zero-order valence-electron chi connectivity index (χ0n) is 15.7. The third kappa shape index (κ3) is 4.43. The molecule has 0 bridgehead atoms. The maximum absolute atomic E-state index is 12.6. The molecule has 6 nitrogen and oxygen atoms in total. The van der Waals surface area contributed by atoms with Gasteiger partial charge in [0.2, 0.25) is 0 Å². The first-order chi connectivity index (χ1) is 12.6. The Morgan fingerprint density at radius 1 is 1.27 bits per heavy atom. The molecule has 26 heavy (non-hydrogen) atoms. The van der Waals surface area contributed by atoms with Gasteiger partial charge in [-0.3, -0.25) is 4.79 Å². The number of carbonyl (C=O) groups is 1. The van der Waals surface area contributed by atoms with Crippen LogP contribution in [0.4, 0.5) is 0 Å². The summed E-state index contributed by atoms with van der Waals surface area (Å²) in [6.45, 7) is 6.49. The molecule has 0 radical (unpaired) electrons. The van der Waals surface area contributed by atoms with Gasteiger partial charge in [0.25, 0.3) is 5.91 Å². The summed E-state index contributed by atoms with van der Waals surface area (Å²) in [6.07, 6.45) is 1.92. The SMILES string of the molecule is COCC1CCN(C(=O)c2cc(COc3cc(C)ccc3C)on2)CC1. The Labute approximate surface area is 154 Å². The molecule has 1 aliphatic rings. The Balaban J connectivity index is 1.56. The van der Waals surface area contributed by atoms with E-state index in [1.165, 1.54) is 0 Å². The minimum absolute atomic E-state index is 0.0809. The highest BCUT2D eigenvalue weighted by Gasteiger charge is 2.25. The Hall–Kier alpha value is -2.34. The van der Waals surface area contributed by atoms with Crippen LogP contribution >= 0.6 is 0 Å². The van der Waals surface area contributed by atoms with E-state index < -0.39 is 0 Å². The van der Waals surface area contributed by atoms with Crippen LogP contribution in [0.15, 0.2) is 28.8 Å². The average Bonchev–Trinajstić information content (AvgIpc) is 3.12. The van der Waals surface area contributed by atoms with Crippen molar-refractivity contribution in [3.8, 4) is 5.75 Å². The molecule has 0 N–H and O–H groups in total. The minimum Gasteiger partial charge on any atom is -0.485 e. The van der Waals surface area contributed by atoms with E-state index in [0.29, 0.717) is 17.4 Å². The van der Waals surface area contributed by atoms with Gasteiger partial charge in [-0.15, -0.1) is 0 Å². The molecule has 140 valence electrons. The van der Waals surface area contributed by atoms with Crippen LogP contribution in [0.5, 0.6) is 5.75 Å². The van der Waals surface area contributed by atoms with Crippen LogP contribution < -0.4 is 4.74 Å². The van der Waals surface area contributed by atoms with Gasteiger partial charge in [-0.25, -0.2) is 0 Å². The van der Waals surface area contributed by atoms with E-state index in [-0.39, 0.29) is 12.5 Å². The fraction of sp³-hybridized carbons (Fsp3) is 0.500. The highest BCUT2D eigenvalue weighted by Crippen LogP contribution is 2.22. The molecule has 2 heterocycles. The zero-order chi connectivity index (χ0) is 18.5. The fourth-order valence-electron chi connectivity index (χ4n) is 3.19. The molecule has 0 atom stereocenters. The molecule has 6 heteroatoms. The summed E-state index contributed by atoms with van der Waals surface area (Å²) in [7, 11) is 1.72. The standard InChI is InChI=1S/C20H26N2O4/c1-14-4-5-15(2)19(10-14)25-13-17-11-18(21-26-17)20(23)22-8-6-16(7-9-22)12-24-3/h4-5,10-11,16H,6-9,12-13H2,1-3H3. The Morgan fingerprint density at radius 2 is 2.04 bits per heavy atom. The van der Waals surface area contributed by atoms with E-state index >= 15 is 0 Å². The third-order valence-corrected chi connectivity index (χ3v) is 4.80. The number of amides is 1. The van der Waals surface area contributed by atoms with Crippen molar-refractivity contribution < 1.29 is 18.8 Å². The van der Waals surface area contributed by atoms with Gasteiger partial charge in [0, 0.05) is 32.9 Å². The Bertz CT molecular complexity index is 748. The normalized spacial score (nSPS) is 15.3. The van der Waals surface area contributed by atoms with Gasteiger partial charge in [-0.2, -0.15) is 0 Å². The zero-order valence-corrected chi connectivity index (χ0v) is 15.7. The van der Waals surface area contributed by atoms with E-state index in [9.17, 15) is 4.79 Å². The predicted octanol–water partition coefficient (Wildman–Crippen LogP) is 3.37. The van der Waals surface area contributed by atoms with Crippen molar-refractivity contribution in [3.05, 3.63) is 46.8 Å². The van der Waals surface area contributed by atoms with Crippen LogP contribution in [0.2, 0.25) is 0 Å². The smallest absolute Gasteiger partial charge is 0.276 e. The van der Waals surface area contributed by atoms with Gasteiger partial charge in [0.1, 0.15) is 12.4 Å². The van der Waals surface area contributed by atoms with Crippen LogP contribution in [0.3, 0.4) is 0 Å². The van der Waals surface area contributed by atoms with Gasteiger partial charge in [-0.1, -0.05) is 17.3 Å². The number of hydrogen-bond acceptors (Lipinski definition) is 5. The molecule has 0 spiro atoms. The van der Waals surface area contributed by atoms with Gasteiger partial charge < -0.3 is 18.9 Å². The van der Waals surface area contributed by atoms with Gasteiger partial charge >= 0.3 is 0 Å². The number of nitrogens with zero attached hydrogens (tertiary/aromatic N) is 2. The van der Waals surface area contributed by atoms with Crippen molar-refractivity contribution in [2.45, 2.75) is 33.3 Å². The molecular formula is C20H26N2O4. The molecule has 1 aliphatic heterocycles. The molecule has 1 amide bonds. The summed E-state index contributed by atoms with van der Waals surface area (Å²) < 4.78 is 16.3. The molecule has 1 saturated heterocycles. The number of methoxy groups -OCH3 is 1. The summed E-state index contributed by atoms with van der Waals surface area (Å²) >= 11 is 0.